The van der Waals surface area contributed by atoms with E-state index in [0.717, 1.165) is 18.5 Å². The van der Waals surface area contributed by atoms with Gasteiger partial charge in [-0.15, -0.1) is 5.10 Å². The van der Waals surface area contributed by atoms with Crippen LogP contribution in [-0.4, -0.2) is 38.3 Å². The van der Waals surface area contributed by atoms with Gasteiger partial charge in [0, 0.05) is 5.92 Å². The van der Waals surface area contributed by atoms with Crippen LogP contribution in [0.5, 0.6) is 0 Å². The van der Waals surface area contributed by atoms with Crippen molar-refractivity contribution >= 4 is 5.97 Å². The summed E-state index contributed by atoms with van der Waals surface area (Å²) in [6, 6.07) is 0. The number of aliphatic hydroxyl groups is 1. The van der Waals surface area contributed by atoms with E-state index >= 15 is 0 Å². The SMILES string of the molecule is CCOC(=O)c1nnn(CC(C)(O)CC)c1C1CC1. The van der Waals surface area contributed by atoms with E-state index in [9.17, 15) is 9.90 Å². The fraction of sp³-hybridized carbons (Fsp3) is 0.769. The van der Waals surface area contributed by atoms with Crippen LogP contribution in [0.2, 0.25) is 0 Å². The molecular formula is C13H21N3O3. The van der Waals surface area contributed by atoms with Crippen molar-refractivity contribution in [1.82, 2.24) is 15.0 Å². The zero-order chi connectivity index (χ0) is 14.0. The summed E-state index contributed by atoms with van der Waals surface area (Å²) in [4.78, 5) is 11.8. The lowest BCUT2D eigenvalue weighted by Gasteiger charge is -2.21. The highest BCUT2D eigenvalue weighted by Gasteiger charge is 2.35. The van der Waals surface area contributed by atoms with Crippen LogP contribution in [0.15, 0.2) is 0 Å². The first-order valence-electron chi connectivity index (χ1n) is 6.81. The van der Waals surface area contributed by atoms with Crippen molar-refractivity contribution in [1.29, 1.82) is 0 Å². The highest BCUT2D eigenvalue weighted by atomic mass is 16.5. The minimum absolute atomic E-state index is 0.302. The third kappa shape index (κ3) is 3.12. The van der Waals surface area contributed by atoms with E-state index in [0.29, 0.717) is 31.2 Å². The molecule has 1 aliphatic rings. The van der Waals surface area contributed by atoms with Gasteiger partial charge in [-0.3, -0.25) is 0 Å². The fourth-order valence-corrected chi connectivity index (χ4v) is 1.98. The smallest absolute Gasteiger partial charge is 0.360 e. The third-order valence-corrected chi connectivity index (χ3v) is 3.46. The molecule has 1 fully saturated rings. The molecule has 1 aromatic heterocycles. The molecule has 1 aromatic rings. The van der Waals surface area contributed by atoms with Crippen LogP contribution < -0.4 is 0 Å². The Hall–Kier alpha value is -1.43. The van der Waals surface area contributed by atoms with Gasteiger partial charge in [-0.05, 0) is 33.1 Å². The standard InChI is InChI=1S/C13H21N3O3/c1-4-13(3,18)8-16-11(9-6-7-9)10(14-15-16)12(17)19-5-2/h9,18H,4-8H2,1-3H3. The molecule has 0 radical (unpaired) electrons. The van der Waals surface area contributed by atoms with Gasteiger partial charge in [-0.1, -0.05) is 12.1 Å². The number of carbonyl (C=O) groups excluding carboxylic acids is 1. The summed E-state index contributed by atoms with van der Waals surface area (Å²) < 4.78 is 6.66. The Morgan fingerprint density at radius 3 is 2.74 bits per heavy atom. The number of esters is 1. The van der Waals surface area contributed by atoms with E-state index in [4.69, 9.17) is 4.74 Å². The van der Waals surface area contributed by atoms with Crippen molar-refractivity contribution < 1.29 is 14.6 Å². The number of carbonyl (C=O) groups is 1. The van der Waals surface area contributed by atoms with Crippen LogP contribution in [0.1, 0.15) is 62.1 Å². The van der Waals surface area contributed by atoms with Gasteiger partial charge in [-0.2, -0.15) is 0 Å². The van der Waals surface area contributed by atoms with E-state index in [1.807, 2.05) is 6.92 Å². The highest BCUT2D eigenvalue weighted by molar-refractivity contribution is 5.88. The average molecular weight is 267 g/mol. The molecule has 1 unspecified atom stereocenters. The number of nitrogens with zero attached hydrogens (tertiary/aromatic N) is 3. The second-order valence-corrected chi connectivity index (χ2v) is 5.33. The van der Waals surface area contributed by atoms with Gasteiger partial charge in [0.05, 0.1) is 24.4 Å². The van der Waals surface area contributed by atoms with E-state index < -0.39 is 11.6 Å². The van der Waals surface area contributed by atoms with E-state index in [1.54, 1.807) is 18.5 Å². The lowest BCUT2D eigenvalue weighted by molar-refractivity contribution is 0.0329. The number of rotatable bonds is 6. The summed E-state index contributed by atoms with van der Waals surface area (Å²) in [6.07, 6.45) is 2.69. The summed E-state index contributed by atoms with van der Waals surface area (Å²) in [6.45, 7) is 6.11. The van der Waals surface area contributed by atoms with Gasteiger partial charge in [0.25, 0.3) is 0 Å². The zero-order valence-corrected chi connectivity index (χ0v) is 11.7. The van der Waals surface area contributed by atoms with Crippen LogP contribution in [-0.2, 0) is 11.3 Å². The normalized spacial score (nSPS) is 18.1. The molecule has 0 spiro atoms. The zero-order valence-electron chi connectivity index (χ0n) is 11.7. The lowest BCUT2D eigenvalue weighted by atomic mass is 10.0. The number of aromatic nitrogens is 3. The summed E-state index contributed by atoms with van der Waals surface area (Å²) >= 11 is 0. The maximum atomic E-state index is 11.8. The van der Waals surface area contributed by atoms with Crippen LogP contribution in [0, 0.1) is 0 Å². The number of hydrogen-bond donors (Lipinski definition) is 1. The van der Waals surface area contributed by atoms with Crippen LogP contribution in [0.4, 0.5) is 0 Å². The second kappa shape index (κ2) is 5.28. The van der Waals surface area contributed by atoms with Crippen LogP contribution in [0.3, 0.4) is 0 Å². The van der Waals surface area contributed by atoms with Crippen molar-refractivity contribution in [3.63, 3.8) is 0 Å². The maximum Gasteiger partial charge on any atom is 0.360 e. The Balaban J connectivity index is 2.27. The van der Waals surface area contributed by atoms with E-state index in [2.05, 4.69) is 10.3 Å². The maximum absolute atomic E-state index is 11.8. The minimum atomic E-state index is -0.844. The van der Waals surface area contributed by atoms with Crippen molar-refractivity contribution in [2.75, 3.05) is 6.61 Å². The van der Waals surface area contributed by atoms with Crippen molar-refractivity contribution in [3.05, 3.63) is 11.4 Å². The first-order valence-corrected chi connectivity index (χ1v) is 6.81. The monoisotopic (exact) mass is 267 g/mol. The molecule has 0 bridgehead atoms. The quantitative estimate of drug-likeness (QED) is 0.790. The van der Waals surface area contributed by atoms with Gasteiger partial charge >= 0.3 is 5.97 Å². The predicted molar refractivity (Wildman–Crippen MR) is 68.9 cm³/mol. The molecule has 1 saturated carbocycles. The molecule has 0 amide bonds. The first kappa shape index (κ1) is 14.0. The van der Waals surface area contributed by atoms with Crippen LogP contribution in [0.25, 0.3) is 0 Å². The van der Waals surface area contributed by atoms with E-state index in [1.165, 1.54) is 0 Å². The van der Waals surface area contributed by atoms with Gasteiger partial charge in [0.2, 0.25) is 0 Å². The Kier molecular flexibility index (Phi) is 3.89. The van der Waals surface area contributed by atoms with Gasteiger partial charge in [0.1, 0.15) is 0 Å². The average Bonchev–Trinajstić information content (AvgIpc) is 3.11. The van der Waals surface area contributed by atoms with Crippen LogP contribution >= 0.6 is 0 Å². The second-order valence-electron chi connectivity index (χ2n) is 5.33. The largest absolute Gasteiger partial charge is 0.461 e. The molecule has 0 saturated heterocycles. The van der Waals surface area contributed by atoms with Gasteiger partial charge in [-0.25, -0.2) is 9.48 Å². The Morgan fingerprint density at radius 2 is 2.21 bits per heavy atom. The molecule has 6 nitrogen and oxygen atoms in total. The Labute approximate surface area is 112 Å². The molecule has 106 valence electrons. The van der Waals surface area contributed by atoms with E-state index in [-0.39, 0.29) is 0 Å². The number of hydrogen-bond acceptors (Lipinski definition) is 5. The van der Waals surface area contributed by atoms with Crippen molar-refractivity contribution in [2.24, 2.45) is 0 Å². The third-order valence-electron chi connectivity index (χ3n) is 3.46. The first-order chi connectivity index (χ1) is 8.98. The van der Waals surface area contributed by atoms with Crippen molar-refractivity contribution in [2.45, 2.75) is 58.1 Å². The molecule has 1 aliphatic carbocycles. The molecule has 1 N–H and O–H groups in total. The highest BCUT2D eigenvalue weighted by Crippen LogP contribution is 2.41. The molecule has 0 aromatic carbocycles. The van der Waals surface area contributed by atoms with Gasteiger partial charge < -0.3 is 9.84 Å². The summed E-state index contributed by atoms with van der Waals surface area (Å²) in [5.74, 6) is -0.103. The topological polar surface area (TPSA) is 77.2 Å². The summed E-state index contributed by atoms with van der Waals surface area (Å²) in [5.41, 5.74) is 0.270. The van der Waals surface area contributed by atoms with Crippen molar-refractivity contribution in [3.8, 4) is 0 Å². The lowest BCUT2D eigenvalue weighted by Crippen LogP contribution is -2.31. The predicted octanol–water partition coefficient (Wildman–Crippen LogP) is 1.49. The Bertz CT molecular complexity index is 464. The van der Waals surface area contributed by atoms with Gasteiger partial charge in [0.15, 0.2) is 5.69 Å². The fourth-order valence-electron chi connectivity index (χ4n) is 1.98. The molecule has 0 aliphatic heterocycles. The summed E-state index contributed by atoms with van der Waals surface area (Å²) in [5, 5.41) is 18.1. The number of ether oxygens (including phenoxy) is 1. The molecular weight excluding hydrogens is 246 g/mol. The molecule has 2 rings (SSSR count). The summed E-state index contributed by atoms with van der Waals surface area (Å²) in [7, 11) is 0. The minimum Gasteiger partial charge on any atom is -0.461 e. The molecule has 1 atom stereocenters. The Morgan fingerprint density at radius 1 is 1.53 bits per heavy atom. The molecule has 6 heteroatoms. The molecule has 19 heavy (non-hydrogen) atoms. The molecule has 1 heterocycles.